The van der Waals surface area contributed by atoms with E-state index in [9.17, 15) is 25.0 Å². The average Bonchev–Trinajstić information content (AvgIpc) is 3.17. The minimum atomic E-state index is -0.763. The highest BCUT2D eigenvalue weighted by Gasteiger charge is 2.24. The zero-order valence-corrected chi connectivity index (χ0v) is 16.8. The number of aryl methyl sites for hydroxylation is 2. The van der Waals surface area contributed by atoms with Crippen LogP contribution in [0.2, 0.25) is 0 Å². The Labute approximate surface area is 171 Å². The molecular weight excluding hydrogens is 412 g/mol. The summed E-state index contributed by atoms with van der Waals surface area (Å²) in [6.07, 6.45) is 1.35. The van der Waals surface area contributed by atoms with Crippen molar-refractivity contribution in [3.63, 3.8) is 0 Å². The minimum absolute atomic E-state index is 0.0660. The number of ether oxygens (including phenoxy) is 1. The summed E-state index contributed by atoms with van der Waals surface area (Å²) in [6.45, 7) is 3.90. The van der Waals surface area contributed by atoms with Crippen LogP contribution in [0.15, 0.2) is 29.1 Å². The Morgan fingerprint density at radius 2 is 1.80 bits per heavy atom. The molecule has 0 fully saturated rings. The number of hydrogen-bond donors (Lipinski definition) is 0. The number of nitro groups is 2. The van der Waals surface area contributed by atoms with Crippen molar-refractivity contribution in [3.8, 4) is 5.75 Å². The van der Waals surface area contributed by atoms with Crippen molar-refractivity contribution < 1.29 is 14.6 Å². The van der Waals surface area contributed by atoms with Crippen molar-refractivity contribution in [2.45, 2.75) is 13.8 Å². The molecule has 11 heteroatoms. The van der Waals surface area contributed by atoms with Gasteiger partial charge in [0.25, 0.3) is 11.2 Å². The first-order valence-electron chi connectivity index (χ1n) is 8.66. The van der Waals surface area contributed by atoms with Gasteiger partial charge >= 0.3 is 5.69 Å². The average molecular weight is 426 g/mol. The third kappa shape index (κ3) is 2.95. The summed E-state index contributed by atoms with van der Waals surface area (Å²) < 4.78 is 6.82. The van der Waals surface area contributed by atoms with E-state index in [0.29, 0.717) is 16.0 Å². The lowest BCUT2D eigenvalue weighted by atomic mass is 10.1. The molecule has 0 saturated carbocycles. The molecule has 0 atom stereocenters. The first-order chi connectivity index (χ1) is 14.2. The van der Waals surface area contributed by atoms with Crippen LogP contribution in [0.4, 0.5) is 11.4 Å². The molecule has 0 radical (unpaired) electrons. The van der Waals surface area contributed by atoms with Crippen molar-refractivity contribution in [1.82, 2.24) is 9.38 Å². The van der Waals surface area contributed by atoms with Crippen LogP contribution in [0.25, 0.3) is 22.1 Å². The molecule has 10 nitrogen and oxygen atoms in total. The van der Waals surface area contributed by atoms with Gasteiger partial charge in [0.15, 0.2) is 4.96 Å². The predicted octanol–water partition coefficient (Wildman–Crippen LogP) is 2.90. The van der Waals surface area contributed by atoms with Gasteiger partial charge in [0.2, 0.25) is 5.75 Å². The van der Waals surface area contributed by atoms with Crippen molar-refractivity contribution >= 4 is 44.8 Å². The predicted molar refractivity (Wildman–Crippen MR) is 111 cm³/mol. The number of nitrogens with zero attached hydrogens (tertiary/aromatic N) is 4. The molecule has 30 heavy (non-hydrogen) atoms. The number of rotatable bonds is 4. The van der Waals surface area contributed by atoms with Crippen LogP contribution < -0.4 is 14.8 Å². The van der Waals surface area contributed by atoms with E-state index < -0.39 is 21.2 Å². The standard InChI is InChI=1S/C19H14N4O6S/c1-9-4-13-14(5-10(9)2)21-18(24)16(30-19(21)20-13)7-11-6-12(22(25)26)8-15(23(27)28)17(11)29-3/h4-8H,1-3H3/b16-7-. The number of aromatic nitrogens is 2. The van der Waals surface area contributed by atoms with E-state index in [-0.39, 0.29) is 21.4 Å². The van der Waals surface area contributed by atoms with E-state index in [2.05, 4.69) is 4.98 Å². The molecule has 0 amide bonds. The van der Waals surface area contributed by atoms with Crippen LogP contribution in [0, 0.1) is 34.1 Å². The molecule has 4 aromatic rings. The first-order valence-corrected chi connectivity index (χ1v) is 9.47. The second-order valence-electron chi connectivity index (χ2n) is 6.67. The highest BCUT2D eigenvalue weighted by molar-refractivity contribution is 7.15. The third-order valence-electron chi connectivity index (χ3n) is 4.84. The van der Waals surface area contributed by atoms with Gasteiger partial charge in [-0.1, -0.05) is 11.3 Å². The summed E-state index contributed by atoms with van der Waals surface area (Å²) in [7, 11) is 1.23. The molecular formula is C19H14N4O6S. The number of non-ortho nitro benzene ring substituents is 1. The van der Waals surface area contributed by atoms with Crippen molar-refractivity contribution in [3.05, 3.63) is 76.1 Å². The van der Waals surface area contributed by atoms with Crippen molar-refractivity contribution in [2.75, 3.05) is 7.11 Å². The van der Waals surface area contributed by atoms with Crippen LogP contribution in [-0.2, 0) is 0 Å². The van der Waals surface area contributed by atoms with Gasteiger partial charge in [-0.15, -0.1) is 0 Å². The monoisotopic (exact) mass is 426 g/mol. The van der Waals surface area contributed by atoms with Crippen LogP contribution in [0.5, 0.6) is 5.75 Å². The molecule has 0 unspecified atom stereocenters. The lowest BCUT2D eigenvalue weighted by Gasteiger charge is -2.05. The van der Waals surface area contributed by atoms with E-state index >= 15 is 0 Å². The summed E-state index contributed by atoms with van der Waals surface area (Å²) in [5.41, 5.74) is 2.09. The summed E-state index contributed by atoms with van der Waals surface area (Å²) in [5.74, 6) is -0.160. The highest BCUT2D eigenvalue weighted by Crippen LogP contribution is 2.35. The topological polar surface area (TPSA) is 130 Å². The van der Waals surface area contributed by atoms with Crippen LogP contribution >= 0.6 is 11.3 Å². The Morgan fingerprint density at radius 1 is 1.10 bits per heavy atom. The molecule has 152 valence electrons. The molecule has 0 N–H and O–H groups in total. The number of benzene rings is 2. The molecule has 4 rings (SSSR count). The second kappa shape index (κ2) is 6.88. The van der Waals surface area contributed by atoms with Gasteiger partial charge in [-0.2, -0.15) is 0 Å². The van der Waals surface area contributed by atoms with E-state index in [0.717, 1.165) is 34.6 Å². The van der Waals surface area contributed by atoms with E-state index in [1.165, 1.54) is 17.6 Å². The van der Waals surface area contributed by atoms with Crippen molar-refractivity contribution in [1.29, 1.82) is 0 Å². The highest BCUT2D eigenvalue weighted by atomic mass is 32.1. The van der Waals surface area contributed by atoms with Crippen LogP contribution in [-0.4, -0.2) is 26.3 Å². The molecule has 0 bridgehead atoms. The number of methoxy groups -OCH3 is 1. The third-order valence-corrected chi connectivity index (χ3v) is 5.80. The smallest absolute Gasteiger partial charge is 0.318 e. The Morgan fingerprint density at radius 3 is 2.43 bits per heavy atom. The summed E-state index contributed by atoms with van der Waals surface area (Å²) in [5, 5.41) is 22.6. The fourth-order valence-corrected chi connectivity index (χ4v) is 4.23. The molecule has 2 aromatic carbocycles. The van der Waals surface area contributed by atoms with E-state index in [1.54, 1.807) is 0 Å². The molecule has 0 aliphatic heterocycles. The quantitative estimate of drug-likeness (QED) is 0.362. The van der Waals surface area contributed by atoms with Gasteiger partial charge < -0.3 is 4.74 Å². The fraction of sp³-hybridized carbons (Fsp3) is 0.158. The van der Waals surface area contributed by atoms with Gasteiger partial charge in [-0.25, -0.2) is 9.38 Å². The SMILES string of the molecule is COc1c(/C=c2\sc3nc4cc(C)c(C)cc4n3c2=O)cc([N+](=O)[O-])cc1[N+](=O)[O-]. The van der Waals surface area contributed by atoms with Gasteiger partial charge in [0, 0.05) is 11.6 Å². The number of hydrogen-bond acceptors (Lipinski definition) is 8. The van der Waals surface area contributed by atoms with Gasteiger partial charge in [0.05, 0.1) is 38.6 Å². The molecule has 0 spiro atoms. The zero-order chi connectivity index (χ0) is 21.7. The summed E-state index contributed by atoms with van der Waals surface area (Å²) >= 11 is 1.09. The Balaban J connectivity index is 2.03. The maximum Gasteiger partial charge on any atom is 0.318 e. The number of imidazole rings is 1. The van der Waals surface area contributed by atoms with Crippen LogP contribution in [0.1, 0.15) is 16.7 Å². The largest absolute Gasteiger partial charge is 0.490 e. The molecule has 2 heterocycles. The Bertz CT molecular complexity index is 1490. The minimum Gasteiger partial charge on any atom is -0.490 e. The Kier molecular flexibility index (Phi) is 4.46. The van der Waals surface area contributed by atoms with Gasteiger partial charge in [-0.3, -0.25) is 25.0 Å². The first kappa shape index (κ1) is 19.5. The second-order valence-corrected chi connectivity index (χ2v) is 7.68. The van der Waals surface area contributed by atoms with Gasteiger partial charge in [-0.05, 0) is 43.2 Å². The summed E-state index contributed by atoms with van der Waals surface area (Å²) in [4.78, 5) is 39.0. The number of thiazole rings is 1. The van der Waals surface area contributed by atoms with Gasteiger partial charge in [0.1, 0.15) is 0 Å². The zero-order valence-electron chi connectivity index (χ0n) is 16.0. The maximum absolute atomic E-state index is 13.0. The van der Waals surface area contributed by atoms with E-state index in [4.69, 9.17) is 4.74 Å². The molecule has 0 saturated heterocycles. The molecule has 0 aliphatic carbocycles. The maximum atomic E-state index is 13.0. The fourth-order valence-electron chi connectivity index (χ4n) is 3.25. The number of fused-ring (bicyclic) bond motifs is 3. The lowest BCUT2D eigenvalue weighted by molar-refractivity contribution is -0.394. The van der Waals surface area contributed by atoms with Crippen molar-refractivity contribution in [2.24, 2.45) is 0 Å². The molecule has 2 aromatic heterocycles. The molecule has 0 aliphatic rings. The van der Waals surface area contributed by atoms with Crippen LogP contribution in [0.3, 0.4) is 0 Å². The number of nitro benzene ring substituents is 2. The van der Waals surface area contributed by atoms with E-state index in [1.807, 2.05) is 26.0 Å². The Hall–Kier alpha value is -3.86. The lowest BCUT2D eigenvalue weighted by Crippen LogP contribution is -2.22. The normalized spacial score (nSPS) is 12.0. The summed E-state index contributed by atoms with van der Waals surface area (Å²) in [6, 6.07) is 5.75.